The Morgan fingerprint density at radius 2 is 2.00 bits per heavy atom. The van der Waals surface area contributed by atoms with Crippen LogP contribution in [0.3, 0.4) is 0 Å². The second-order valence-electron chi connectivity index (χ2n) is 7.53. The summed E-state index contributed by atoms with van der Waals surface area (Å²) in [6.07, 6.45) is 6.75. The number of aliphatic imine (C=N–C) groups is 1. The molecule has 6 nitrogen and oxygen atoms in total. The first kappa shape index (κ1) is 22.0. The third kappa shape index (κ3) is 7.72. The molecular weight excluding hydrogens is 350 g/mol. The lowest BCUT2D eigenvalue weighted by molar-refractivity contribution is 0.245. The van der Waals surface area contributed by atoms with E-state index in [1.807, 2.05) is 41.2 Å². The third-order valence-corrected chi connectivity index (χ3v) is 4.56. The maximum absolute atomic E-state index is 9.28. The van der Waals surface area contributed by atoms with Crippen LogP contribution in [0.15, 0.2) is 47.7 Å². The summed E-state index contributed by atoms with van der Waals surface area (Å²) < 4.78 is 1.90. The number of hydrogen-bond acceptors (Lipinski definition) is 3. The highest BCUT2D eigenvalue weighted by Gasteiger charge is 2.10. The summed E-state index contributed by atoms with van der Waals surface area (Å²) >= 11 is 0. The van der Waals surface area contributed by atoms with Gasteiger partial charge in [0.2, 0.25) is 0 Å². The molecule has 1 aromatic carbocycles. The fourth-order valence-electron chi connectivity index (χ4n) is 3.23. The van der Waals surface area contributed by atoms with E-state index in [4.69, 9.17) is 4.99 Å². The van der Waals surface area contributed by atoms with Crippen LogP contribution < -0.4 is 10.6 Å². The van der Waals surface area contributed by atoms with Crippen molar-refractivity contribution in [1.29, 1.82) is 0 Å². The van der Waals surface area contributed by atoms with Crippen LogP contribution >= 0.6 is 0 Å². The lowest BCUT2D eigenvalue weighted by Crippen LogP contribution is -2.38. The average Bonchev–Trinajstić information content (AvgIpc) is 3.15. The number of nitrogens with zero attached hydrogens (tertiary/aromatic N) is 3. The molecule has 2 aromatic rings. The Bertz CT molecular complexity index is 696. The molecule has 1 heterocycles. The zero-order valence-corrected chi connectivity index (χ0v) is 17.4. The van der Waals surface area contributed by atoms with Gasteiger partial charge in [-0.2, -0.15) is 5.10 Å². The van der Waals surface area contributed by atoms with Crippen LogP contribution in [0.5, 0.6) is 0 Å². The minimum absolute atomic E-state index is 0.224. The molecule has 3 N–H and O–H groups in total. The Labute approximate surface area is 169 Å². The molecule has 0 amide bonds. The smallest absolute Gasteiger partial charge is 0.191 e. The molecule has 0 fully saturated rings. The van der Waals surface area contributed by atoms with Crippen molar-refractivity contribution in [2.24, 2.45) is 16.8 Å². The van der Waals surface area contributed by atoms with Crippen molar-refractivity contribution in [3.63, 3.8) is 0 Å². The number of benzene rings is 1. The van der Waals surface area contributed by atoms with Gasteiger partial charge in [-0.25, -0.2) is 4.68 Å². The number of aromatic nitrogens is 2. The van der Waals surface area contributed by atoms with Crippen molar-refractivity contribution in [3.05, 3.63) is 48.3 Å². The molecule has 0 saturated carbocycles. The molecule has 0 aliphatic rings. The normalized spacial score (nSPS) is 13.0. The highest BCUT2D eigenvalue weighted by molar-refractivity contribution is 5.79. The minimum Gasteiger partial charge on any atom is -0.396 e. The summed E-state index contributed by atoms with van der Waals surface area (Å²) in [4.78, 5) is 4.73. The van der Waals surface area contributed by atoms with Crippen molar-refractivity contribution in [2.45, 2.75) is 40.0 Å². The number of para-hydroxylation sites is 1. The summed E-state index contributed by atoms with van der Waals surface area (Å²) in [5.74, 6) is 1.87. The molecule has 2 rings (SSSR count). The summed E-state index contributed by atoms with van der Waals surface area (Å²) in [5.41, 5.74) is 2.25. The van der Waals surface area contributed by atoms with Crippen LogP contribution in [-0.4, -0.2) is 47.1 Å². The zero-order chi connectivity index (χ0) is 20.2. The Morgan fingerprint density at radius 1 is 1.21 bits per heavy atom. The number of hydrogen-bond donors (Lipinski definition) is 3. The predicted molar refractivity (Wildman–Crippen MR) is 116 cm³/mol. The van der Waals surface area contributed by atoms with Gasteiger partial charge in [0.05, 0.1) is 11.9 Å². The molecule has 1 unspecified atom stereocenters. The Hall–Kier alpha value is -2.34. The Kier molecular flexibility index (Phi) is 9.55. The molecule has 6 heteroatoms. The molecule has 0 radical (unpaired) electrons. The number of aliphatic hydroxyl groups excluding tert-OH is 1. The van der Waals surface area contributed by atoms with Gasteiger partial charge in [-0.15, -0.1) is 0 Å². The van der Waals surface area contributed by atoms with Gasteiger partial charge in [-0.3, -0.25) is 4.99 Å². The van der Waals surface area contributed by atoms with Crippen LogP contribution in [0.25, 0.3) is 5.69 Å². The molecule has 154 valence electrons. The van der Waals surface area contributed by atoms with Gasteiger partial charge in [-0.1, -0.05) is 32.0 Å². The fraction of sp³-hybridized carbons (Fsp3) is 0.545. The van der Waals surface area contributed by atoms with Gasteiger partial charge in [0, 0.05) is 32.4 Å². The lowest BCUT2D eigenvalue weighted by atomic mass is 9.94. The van der Waals surface area contributed by atoms with Gasteiger partial charge >= 0.3 is 0 Å². The largest absolute Gasteiger partial charge is 0.396 e. The van der Waals surface area contributed by atoms with Crippen molar-refractivity contribution in [3.8, 4) is 5.69 Å². The predicted octanol–water partition coefficient (Wildman–Crippen LogP) is 3.01. The molecule has 28 heavy (non-hydrogen) atoms. The second kappa shape index (κ2) is 12.2. The highest BCUT2D eigenvalue weighted by atomic mass is 16.3. The molecule has 0 saturated heterocycles. The maximum Gasteiger partial charge on any atom is 0.191 e. The quantitative estimate of drug-likeness (QED) is 0.411. The molecule has 0 aliphatic heterocycles. The first-order valence-electron chi connectivity index (χ1n) is 10.3. The van der Waals surface area contributed by atoms with Crippen molar-refractivity contribution < 1.29 is 5.11 Å². The van der Waals surface area contributed by atoms with Crippen molar-refractivity contribution in [1.82, 2.24) is 20.4 Å². The minimum atomic E-state index is 0.224. The third-order valence-electron chi connectivity index (χ3n) is 4.56. The molecule has 1 aromatic heterocycles. The van der Waals surface area contributed by atoms with Crippen LogP contribution in [0.2, 0.25) is 0 Å². The molecular formula is C22H35N5O. The molecule has 1 atom stereocenters. The molecule has 0 aliphatic carbocycles. The van der Waals surface area contributed by atoms with E-state index in [0.29, 0.717) is 11.8 Å². The van der Waals surface area contributed by atoms with Crippen LogP contribution in [0.1, 0.15) is 39.2 Å². The summed E-state index contributed by atoms with van der Waals surface area (Å²) in [6.45, 7) is 9.08. The number of aliphatic hydroxyl groups is 1. The van der Waals surface area contributed by atoms with E-state index in [9.17, 15) is 5.11 Å². The van der Waals surface area contributed by atoms with E-state index in [-0.39, 0.29) is 6.61 Å². The van der Waals surface area contributed by atoms with Gasteiger partial charge in [0.15, 0.2) is 5.96 Å². The Morgan fingerprint density at radius 3 is 2.68 bits per heavy atom. The van der Waals surface area contributed by atoms with Crippen molar-refractivity contribution >= 4 is 5.96 Å². The first-order valence-corrected chi connectivity index (χ1v) is 10.3. The monoisotopic (exact) mass is 385 g/mol. The topological polar surface area (TPSA) is 74.5 Å². The Balaban J connectivity index is 1.86. The van der Waals surface area contributed by atoms with E-state index in [1.54, 1.807) is 0 Å². The summed E-state index contributed by atoms with van der Waals surface area (Å²) in [6, 6.07) is 10.1. The standard InChI is InChI=1S/C22H35N5O/c1-4-23-22(25-15-19(11-13-28)14-18(2)3)24-12-10-20-16-26-27(17-20)21-8-6-5-7-9-21/h5-9,16-19,28H,4,10-15H2,1-3H3,(H2,23,24,25). The first-order chi connectivity index (χ1) is 13.6. The molecule has 0 spiro atoms. The van der Waals surface area contributed by atoms with Crippen molar-refractivity contribution in [2.75, 3.05) is 26.2 Å². The van der Waals surface area contributed by atoms with Gasteiger partial charge in [0.1, 0.15) is 0 Å². The van der Waals surface area contributed by atoms with Crippen LogP contribution in [0, 0.1) is 11.8 Å². The lowest BCUT2D eigenvalue weighted by Gasteiger charge is -2.17. The highest BCUT2D eigenvalue weighted by Crippen LogP contribution is 2.15. The van der Waals surface area contributed by atoms with E-state index in [0.717, 1.165) is 50.5 Å². The van der Waals surface area contributed by atoms with Crippen LogP contribution in [-0.2, 0) is 6.42 Å². The summed E-state index contributed by atoms with van der Waals surface area (Å²) in [7, 11) is 0. The van der Waals surface area contributed by atoms with E-state index in [1.165, 1.54) is 5.56 Å². The molecule has 0 bridgehead atoms. The fourth-order valence-corrected chi connectivity index (χ4v) is 3.23. The number of nitrogens with one attached hydrogen (secondary N) is 2. The van der Waals surface area contributed by atoms with E-state index < -0.39 is 0 Å². The zero-order valence-electron chi connectivity index (χ0n) is 17.4. The van der Waals surface area contributed by atoms with Gasteiger partial charge < -0.3 is 15.7 Å². The average molecular weight is 386 g/mol. The number of guanidine groups is 1. The maximum atomic E-state index is 9.28. The number of rotatable bonds is 11. The SMILES string of the molecule is CCNC(=NCC(CCO)CC(C)C)NCCc1cnn(-c2ccccc2)c1. The summed E-state index contributed by atoms with van der Waals surface area (Å²) in [5, 5.41) is 20.4. The second-order valence-corrected chi connectivity index (χ2v) is 7.53. The van der Waals surface area contributed by atoms with E-state index >= 15 is 0 Å². The van der Waals surface area contributed by atoms with E-state index in [2.05, 4.69) is 42.7 Å². The van der Waals surface area contributed by atoms with Gasteiger partial charge in [-0.05, 0) is 55.7 Å². The van der Waals surface area contributed by atoms with Gasteiger partial charge in [0.25, 0.3) is 0 Å². The van der Waals surface area contributed by atoms with Crippen LogP contribution in [0.4, 0.5) is 0 Å².